The van der Waals surface area contributed by atoms with Crippen LogP contribution in [0.1, 0.15) is 12.8 Å². The molecule has 0 bridgehead atoms. The highest BCUT2D eigenvalue weighted by atomic mass is 16.2. The number of nitrogens with one attached hydrogen (secondary N) is 2. The molecule has 2 aromatic rings. The summed E-state index contributed by atoms with van der Waals surface area (Å²) < 4.78 is 0. The first-order chi connectivity index (χ1) is 9.24. The number of aromatic nitrogens is 2. The first-order valence-electron chi connectivity index (χ1n) is 6.27. The number of carbonyl (C=O) groups is 2. The van der Waals surface area contributed by atoms with Gasteiger partial charge in [-0.15, -0.1) is 0 Å². The summed E-state index contributed by atoms with van der Waals surface area (Å²) in [5.74, 6) is -1.04. The van der Waals surface area contributed by atoms with Gasteiger partial charge in [-0.25, -0.2) is 0 Å². The van der Waals surface area contributed by atoms with Gasteiger partial charge < -0.3 is 10.2 Å². The van der Waals surface area contributed by atoms with Crippen LogP contribution in [0, 0.1) is 0 Å². The number of likely N-dealkylation sites (tertiary alicyclic amines) is 1. The Labute approximate surface area is 109 Å². The molecule has 0 radical (unpaired) electrons. The molecule has 1 aliphatic rings. The topological polar surface area (TPSA) is 78.1 Å². The maximum absolute atomic E-state index is 11.9. The van der Waals surface area contributed by atoms with Crippen molar-refractivity contribution in [2.24, 2.45) is 0 Å². The van der Waals surface area contributed by atoms with E-state index < -0.39 is 11.8 Å². The number of benzene rings is 1. The molecule has 3 rings (SSSR count). The molecule has 98 valence electrons. The highest BCUT2D eigenvalue weighted by molar-refractivity contribution is 6.39. The molecule has 1 aromatic heterocycles. The Morgan fingerprint density at radius 2 is 2.05 bits per heavy atom. The van der Waals surface area contributed by atoms with Crippen LogP contribution in [0.5, 0.6) is 0 Å². The molecule has 0 unspecified atom stereocenters. The van der Waals surface area contributed by atoms with Crippen LogP contribution in [0.25, 0.3) is 10.9 Å². The monoisotopic (exact) mass is 258 g/mol. The second-order valence-corrected chi connectivity index (χ2v) is 4.63. The third kappa shape index (κ3) is 2.29. The van der Waals surface area contributed by atoms with Gasteiger partial charge in [-0.3, -0.25) is 14.7 Å². The van der Waals surface area contributed by atoms with Gasteiger partial charge in [0.25, 0.3) is 0 Å². The fraction of sp³-hybridized carbons (Fsp3) is 0.308. The van der Waals surface area contributed by atoms with Crippen LogP contribution in [0.15, 0.2) is 24.4 Å². The van der Waals surface area contributed by atoms with Crippen LogP contribution in [-0.4, -0.2) is 40.0 Å². The van der Waals surface area contributed by atoms with E-state index in [4.69, 9.17) is 0 Å². The predicted octanol–water partition coefficient (Wildman–Crippen LogP) is 1.12. The predicted molar refractivity (Wildman–Crippen MR) is 70.5 cm³/mol. The van der Waals surface area contributed by atoms with E-state index in [1.807, 2.05) is 6.07 Å². The van der Waals surface area contributed by atoms with Gasteiger partial charge in [0, 0.05) is 24.2 Å². The number of nitrogens with zero attached hydrogens (tertiary/aromatic N) is 2. The lowest BCUT2D eigenvalue weighted by atomic mass is 10.2. The van der Waals surface area contributed by atoms with E-state index in [2.05, 4.69) is 15.5 Å². The van der Waals surface area contributed by atoms with Gasteiger partial charge in [-0.1, -0.05) is 0 Å². The zero-order chi connectivity index (χ0) is 13.2. The number of amides is 2. The summed E-state index contributed by atoms with van der Waals surface area (Å²) in [5, 5.41) is 10.3. The number of hydrogen-bond acceptors (Lipinski definition) is 3. The fourth-order valence-electron chi connectivity index (χ4n) is 2.26. The fourth-order valence-corrected chi connectivity index (χ4v) is 2.26. The smallest absolute Gasteiger partial charge is 0.313 e. The van der Waals surface area contributed by atoms with Gasteiger partial charge in [0.15, 0.2) is 0 Å². The third-order valence-electron chi connectivity index (χ3n) is 3.29. The molecule has 1 aromatic carbocycles. The van der Waals surface area contributed by atoms with E-state index in [9.17, 15) is 9.59 Å². The molecule has 0 saturated carbocycles. The van der Waals surface area contributed by atoms with Gasteiger partial charge in [0.2, 0.25) is 0 Å². The van der Waals surface area contributed by atoms with Crippen molar-refractivity contribution in [1.29, 1.82) is 0 Å². The Balaban J connectivity index is 1.72. The van der Waals surface area contributed by atoms with Crippen LogP contribution < -0.4 is 5.32 Å². The second kappa shape index (κ2) is 4.72. The Kier molecular flexibility index (Phi) is 2.91. The largest absolute Gasteiger partial charge is 0.334 e. The molecule has 1 aliphatic heterocycles. The summed E-state index contributed by atoms with van der Waals surface area (Å²) in [6, 6.07) is 5.36. The van der Waals surface area contributed by atoms with Crippen LogP contribution in [0.2, 0.25) is 0 Å². The van der Waals surface area contributed by atoms with Crippen molar-refractivity contribution < 1.29 is 9.59 Å². The van der Waals surface area contributed by atoms with Gasteiger partial charge in [-0.2, -0.15) is 5.10 Å². The van der Waals surface area contributed by atoms with Crippen LogP contribution in [-0.2, 0) is 9.59 Å². The van der Waals surface area contributed by atoms with Gasteiger partial charge in [0.1, 0.15) is 0 Å². The van der Waals surface area contributed by atoms with Crippen molar-refractivity contribution in [3.63, 3.8) is 0 Å². The minimum atomic E-state index is -0.583. The molecule has 6 heteroatoms. The molecule has 0 spiro atoms. The normalized spacial score (nSPS) is 14.8. The number of rotatable bonds is 1. The first-order valence-corrected chi connectivity index (χ1v) is 6.27. The summed E-state index contributed by atoms with van der Waals surface area (Å²) in [6.07, 6.45) is 3.65. The highest BCUT2D eigenvalue weighted by Gasteiger charge is 2.24. The number of hydrogen-bond donors (Lipinski definition) is 2. The van der Waals surface area contributed by atoms with E-state index in [1.165, 1.54) is 0 Å². The minimum absolute atomic E-state index is 0.456. The summed E-state index contributed by atoms with van der Waals surface area (Å²) in [5.41, 5.74) is 1.42. The highest BCUT2D eigenvalue weighted by Crippen LogP contribution is 2.17. The first kappa shape index (κ1) is 11.7. The molecule has 6 nitrogen and oxygen atoms in total. The number of aromatic amines is 1. The Bertz CT molecular complexity index is 628. The molecule has 0 atom stereocenters. The molecule has 2 N–H and O–H groups in total. The van der Waals surface area contributed by atoms with Crippen molar-refractivity contribution in [3.8, 4) is 0 Å². The van der Waals surface area contributed by atoms with E-state index in [1.54, 1.807) is 23.2 Å². The van der Waals surface area contributed by atoms with E-state index in [-0.39, 0.29) is 0 Å². The molecule has 2 heterocycles. The third-order valence-corrected chi connectivity index (χ3v) is 3.29. The van der Waals surface area contributed by atoms with E-state index in [0.717, 1.165) is 23.7 Å². The van der Waals surface area contributed by atoms with E-state index in [0.29, 0.717) is 18.8 Å². The lowest BCUT2D eigenvalue weighted by molar-refractivity contribution is -0.142. The van der Waals surface area contributed by atoms with Gasteiger partial charge >= 0.3 is 11.8 Å². The van der Waals surface area contributed by atoms with Crippen molar-refractivity contribution in [3.05, 3.63) is 24.4 Å². The minimum Gasteiger partial charge on any atom is -0.334 e. The van der Waals surface area contributed by atoms with Crippen LogP contribution in [0.3, 0.4) is 0 Å². The van der Waals surface area contributed by atoms with E-state index >= 15 is 0 Å². The lowest BCUT2D eigenvalue weighted by Crippen LogP contribution is -2.37. The number of H-pyrrole nitrogens is 1. The summed E-state index contributed by atoms with van der Waals surface area (Å²) in [7, 11) is 0. The van der Waals surface area contributed by atoms with Crippen molar-refractivity contribution >= 4 is 28.4 Å². The molecule has 1 fully saturated rings. The number of carbonyl (C=O) groups excluding carboxylic acids is 2. The van der Waals surface area contributed by atoms with Gasteiger partial charge in [0.05, 0.1) is 11.7 Å². The molecule has 19 heavy (non-hydrogen) atoms. The Morgan fingerprint density at radius 3 is 2.84 bits per heavy atom. The SMILES string of the molecule is O=C(Nc1ccc2cn[nH]c2c1)C(=O)N1CCCC1. The van der Waals surface area contributed by atoms with Crippen LogP contribution in [0.4, 0.5) is 5.69 Å². The standard InChI is InChI=1S/C13H14N4O2/c18-12(13(19)17-5-1-2-6-17)15-10-4-3-9-8-14-16-11(9)7-10/h3-4,7-8H,1-2,5-6H2,(H,14,16)(H,15,18). The molecule has 1 saturated heterocycles. The maximum Gasteiger partial charge on any atom is 0.313 e. The number of anilines is 1. The molecule has 2 amide bonds. The average molecular weight is 258 g/mol. The van der Waals surface area contributed by atoms with Crippen molar-refractivity contribution in [2.75, 3.05) is 18.4 Å². The van der Waals surface area contributed by atoms with Crippen molar-refractivity contribution in [1.82, 2.24) is 15.1 Å². The molecule has 0 aliphatic carbocycles. The van der Waals surface area contributed by atoms with Gasteiger partial charge in [-0.05, 0) is 31.0 Å². The average Bonchev–Trinajstić information content (AvgIpc) is 3.08. The summed E-state index contributed by atoms with van der Waals surface area (Å²) in [6.45, 7) is 1.34. The Hall–Kier alpha value is -2.37. The second-order valence-electron chi connectivity index (χ2n) is 4.63. The zero-order valence-electron chi connectivity index (χ0n) is 10.3. The quantitative estimate of drug-likeness (QED) is 0.752. The summed E-state index contributed by atoms with van der Waals surface area (Å²) in [4.78, 5) is 25.3. The van der Waals surface area contributed by atoms with Crippen molar-refractivity contribution in [2.45, 2.75) is 12.8 Å². The summed E-state index contributed by atoms with van der Waals surface area (Å²) >= 11 is 0. The number of fused-ring (bicyclic) bond motifs is 1. The molecular formula is C13H14N4O2. The molecular weight excluding hydrogens is 244 g/mol. The maximum atomic E-state index is 11.9. The Morgan fingerprint density at radius 1 is 1.26 bits per heavy atom. The zero-order valence-corrected chi connectivity index (χ0v) is 10.3. The lowest BCUT2D eigenvalue weighted by Gasteiger charge is -2.14. The van der Waals surface area contributed by atoms with Crippen LogP contribution >= 0.6 is 0 Å².